The first-order chi connectivity index (χ1) is 6.02. The highest BCUT2D eigenvalue weighted by molar-refractivity contribution is 9.09. The summed E-state index contributed by atoms with van der Waals surface area (Å²) in [5.41, 5.74) is -0.356. The van der Waals surface area contributed by atoms with Crippen LogP contribution in [0.3, 0.4) is 0 Å². The topological polar surface area (TPSA) is 38.3 Å². The van der Waals surface area contributed by atoms with Crippen LogP contribution in [0.4, 0.5) is 4.79 Å². The fourth-order valence-electron chi connectivity index (χ4n) is 1.09. The summed E-state index contributed by atoms with van der Waals surface area (Å²) in [6.45, 7) is 6.51. The van der Waals surface area contributed by atoms with Gasteiger partial charge in [-0.25, -0.2) is 4.79 Å². The monoisotopic (exact) mass is 251 g/mol. The van der Waals surface area contributed by atoms with Crippen LogP contribution < -0.4 is 5.32 Å². The Morgan fingerprint density at radius 1 is 1.54 bits per heavy atom. The van der Waals surface area contributed by atoms with Crippen LogP contribution in [0.1, 0.15) is 33.6 Å². The first-order valence-electron chi connectivity index (χ1n) is 4.54. The number of carbonyl (C=O) groups is 1. The van der Waals surface area contributed by atoms with E-state index in [1.165, 1.54) is 0 Å². The van der Waals surface area contributed by atoms with Crippen LogP contribution in [-0.2, 0) is 4.74 Å². The first-order valence-corrected chi connectivity index (χ1v) is 5.67. The molecule has 1 amide bonds. The van der Waals surface area contributed by atoms with Gasteiger partial charge in [0.25, 0.3) is 0 Å². The van der Waals surface area contributed by atoms with Crippen molar-refractivity contribution in [2.75, 3.05) is 11.9 Å². The molecule has 0 saturated heterocycles. The minimum Gasteiger partial charge on any atom is -0.444 e. The molecule has 78 valence electrons. The van der Waals surface area contributed by atoms with E-state index >= 15 is 0 Å². The predicted octanol–water partition coefficient (Wildman–Crippen LogP) is 2.69. The second-order valence-electron chi connectivity index (χ2n) is 3.51. The van der Waals surface area contributed by atoms with Crippen LogP contribution in [0.2, 0.25) is 0 Å². The minimum atomic E-state index is -0.356. The van der Waals surface area contributed by atoms with Crippen LogP contribution in [0.5, 0.6) is 0 Å². The van der Waals surface area contributed by atoms with Crippen molar-refractivity contribution in [3.63, 3.8) is 0 Å². The molecule has 4 heteroatoms. The fraction of sp³-hybridized carbons (Fsp3) is 0.889. The molecule has 0 aliphatic carbocycles. The third kappa shape index (κ3) is 6.87. The van der Waals surface area contributed by atoms with Crippen LogP contribution in [0.25, 0.3) is 0 Å². The summed E-state index contributed by atoms with van der Waals surface area (Å²) in [7, 11) is 0. The molecule has 0 aromatic rings. The molecule has 0 rings (SSSR count). The minimum absolute atomic E-state index is 0.335. The summed E-state index contributed by atoms with van der Waals surface area (Å²) in [5, 5.41) is 3.39. The zero-order chi connectivity index (χ0) is 10.3. The van der Waals surface area contributed by atoms with Gasteiger partial charge in [-0.1, -0.05) is 29.3 Å². The van der Waals surface area contributed by atoms with Crippen molar-refractivity contribution in [1.82, 2.24) is 5.32 Å². The summed E-state index contributed by atoms with van der Waals surface area (Å²) in [6.07, 6.45) is 1.56. The summed E-state index contributed by atoms with van der Waals surface area (Å²) in [6, 6.07) is 0. The van der Waals surface area contributed by atoms with Crippen molar-refractivity contribution in [3.8, 4) is 0 Å². The second kappa shape index (κ2) is 6.24. The number of nitrogens with one attached hydrogen (secondary N) is 1. The average Bonchev–Trinajstić information content (AvgIpc) is 1.99. The van der Waals surface area contributed by atoms with Crippen molar-refractivity contribution in [2.24, 2.45) is 0 Å². The average molecular weight is 252 g/mol. The van der Waals surface area contributed by atoms with Crippen molar-refractivity contribution in [3.05, 3.63) is 0 Å². The maximum absolute atomic E-state index is 11.1. The molecule has 0 unspecified atom stereocenters. The Hall–Kier alpha value is -0.250. The lowest BCUT2D eigenvalue weighted by molar-refractivity contribution is 0.0327. The Kier molecular flexibility index (Phi) is 6.12. The van der Waals surface area contributed by atoms with Crippen LogP contribution in [0, 0.1) is 0 Å². The summed E-state index contributed by atoms with van der Waals surface area (Å²) in [5.74, 6) is 0. The Balaban J connectivity index is 3.75. The van der Waals surface area contributed by atoms with Crippen LogP contribution >= 0.6 is 15.9 Å². The standard InChI is InChI=1S/C9H18BrNO2/c1-4-5-9(2,3)13-8(12)11-7-6-10/h4-7H2,1-3H3,(H,11,12). The van der Waals surface area contributed by atoms with Crippen molar-refractivity contribution in [2.45, 2.75) is 39.2 Å². The maximum Gasteiger partial charge on any atom is 0.407 e. The quantitative estimate of drug-likeness (QED) is 0.764. The number of halogens is 1. The molecule has 3 nitrogen and oxygen atoms in total. The lowest BCUT2D eigenvalue weighted by Gasteiger charge is -2.24. The van der Waals surface area contributed by atoms with Gasteiger partial charge in [-0.15, -0.1) is 0 Å². The molecule has 0 atom stereocenters. The number of ether oxygens (including phenoxy) is 1. The molecular formula is C9H18BrNO2. The van der Waals surface area contributed by atoms with E-state index in [0.717, 1.165) is 18.2 Å². The van der Waals surface area contributed by atoms with Gasteiger partial charge in [0.05, 0.1) is 0 Å². The largest absolute Gasteiger partial charge is 0.444 e. The molecule has 0 aliphatic heterocycles. The predicted molar refractivity (Wildman–Crippen MR) is 57.3 cm³/mol. The van der Waals surface area contributed by atoms with Gasteiger partial charge >= 0.3 is 6.09 Å². The van der Waals surface area contributed by atoms with Gasteiger partial charge in [-0.05, 0) is 20.3 Å². The normalized spacial score (nSPS) is 11.1. The summed E-state index contributed by atoms with van der Waals surface area (Å²) < 4.78 is 5.21. The third-order valence-electron chi connectivity index (χ3n) is 1.58. The highest BCUT2D eigenvalue weighted by atomic mass is 79.9. The Labute approximate surface area is 88.4 Å². The number of carbonyl (C=O) groups excluding carboxylic acids is 1. The molecular weight excluding hydrogens is 234 g/mol. The van der Waals surface area contributed by atoms with E-state index in [0.29, 0.717) is 6.54 Å². The smallest absolute Gasteiger partial charge is 0.407 e. The van der Waals surface area contributed by atoms with Gasteiger partial charge in [0, 0.05) is 11.9 Å². The molecule has 0 radical (unpaired) electrons. The molecule has 1 N–H and O–H groups in total. The third-order valence-corrected chi connectivity index (χ3v) is 1.98. The first kappa shape index (κ1) is 12.8. The Bertz CT molecular complexity index is 160. The molecule has 0 spiro atoms. The fourth-order valence-corrected chi connectivity index (χ4v) is 1.29. The number of rotatable bonds is 5. The van der Waals surface area contributed by atoms with Crippen molar-refractivity contribution >= 4 is 22.0 Å². The highest BCUT2D eigenvalue weighted by Gasteiger charge is 2.20. The molecule has 0 bridgehead atoms. The lowest BCUT2D eigenvalue weighted by Crippen LogP contribution is -2.35. The number of hydrogen-bond acceptors (Lipinski definition) is 2. The Morgan fingerprint density at radius 2 is 2.15 bits per heavy atom. The maximum atomic E-state index is 11.1. The molecule has 0 aromatic carbocycles. The number of alkyl halides is 1. The molecule has 0 aliphatic rings. The highest BCUT2D eigenvalue weighted by Crippen LogP contribution is 2.16. The van der Waals surface area contributed by atoms with Gasteiger partial charge in [-0.2, -0.15) is 0 Å². The zero-order valence-corrected chi connectivity index (χ0v) is 10.1. The molecule has 0 fully saturated rings. The Morgan fingerprint density at radius 3 is 2.62 bits per heavy atom. The van der Waals surface area contributed by atoms with Gasteiger partial charge in [-0.3, -0.25) is 0 Å². The molecule has 0 saturated carbocycles. The number of alkyl carbamates (subject to hydrolysis) is 1. The van der Waals surface area contributed by atoms with Gasteiger partial charge < -0.3 is 10.1 Å². The van der Waals surface area contributed by atoms with E-state index in [9.17, 15) is 4.79 Å². The SMILES string of the molecule is CCCC(C)(C)OC(=O)NCCBr. The van der Waals surface area contributed by atoms with Gasteiger partial charge in [0.15, 0.2) is 0 Å². The van der Waals surface area contributed by atoms with Crippen molar-refractivity contribution in [1.29, 1.82) is 0 Å². The van der Waals surface area contributed by atoms with Crippen LogP contribution in [-0.4, -0.2) is 23.6 Å². The van der Waals surface area contributed by atoms with Crippen LogP contribution in [0.15, 0.2) is 0 Å². The van der Waals surface area contributed by atoms with E-state index in [1.54, 1.807) is 0 Å². The zero-order valence-electron chi connectivity index (χ0n) is 8.52. The van der Waals surface area contributed by atoms with Gasteiger partial charge in [0.2, 0.25) is 0 Å². The summed E-state index contributed by atoms with van der Waals surface area (Å²) in [4.78, 5) is 11.1. The van der Waals surface area contributed by atoms with E-state index in [2.05, 4.69) is 28.2 Å². The van der Waals surface area contributed by atoms with E-state index < -0.39 is 0 Å². The number of hydrogen-bond donors (Lipinski definition) is 1. The second-order valence-corrected chi connectivity index (χ2v) is 4.31. The molecule has 0 aromatic heterocycles. The van der Waals surface area contributed by atoms with E-state index in [4.69, 9.17) is 4.74 Å². The van der Waals surface area contributed by atoms with E-state index in [1.807, 2.05) is 13.8 Å². The summed E-state index contributed by atoms with van der Waals surface area (Å²) >= 11 is 3.22. The van der Waals surface area contributed by atoms with Crippen molar-refractivity contribution < 1.29 is 9.53 Å². The lowest BCUT2D eigenvalue weighted by atomic mass is 10.0. The molecule has 0 heterocycles. The molecule has 13 heavy (non-hydrogen) atoms. The van der Waals surface area contributed by atoms with E-state index in [-0.39, 0.29) is 11.7 Å². The number of amides is 1. The van der Waals surface area contributed by atoms with Gasteiger partial charge in [0.1, 0.15) is 5.60 Å².